The molecule has 9 nitrogen and oxygen atoms in total. The minimum atomic E-state index is -2.85. The molecule has 170 valence electrons. The van der Waals surface area contributed by atoms with E-state index in [4.69, 9.17) is 4.74 Å². The average Bonchev–Trinajstić information content (AvgIpc) is 2.62. The maximum absolute atomic E-state index is 11.9. The van der Waals surface area contributed by atoms with Gasteiger partial charge in [0.15, 0.2) is 15.8 Å². The third-order valence-corrected chi connectivity index (χ3v) is 6.13. The first-order chi connectivity index (χ1) is 13.5. The second-order valence-electron chi connectivity index (χ2n) is 8.36. The molecule has 0 aromatic carbocycles. The second-order valence-corrected chi connectivity index (χ2v) is 10.7. The van der Waals surface area contributed by atoms with E-state index in [1.54, 1.807) is 7.05 Å². The van der Waals surface area contributed by atoms with Crippen LogP contribution in [0.3, 0.4) is 0 Å². The first kappa shape index (κ1) is 25.5. The highest BCUT2D eigenvalue weighted by Crippen LogP contribution is 2.07. The monoisotopic (exact) mass is 433 g/mol. The van der Waals surface area contributed by atoms with E-state index < -0.39 is 21.5 Å². The van der Waals surface area contributed by atoms with Gasteiger partial charge < -0.3 is 20.7 Å². The maximum atomic E-state index is 11.9. The molecule has 1 fully saturated rings. The molecule has 1 aliphatic rings. The zero-order valence-electron chi connectivity index (χ0n) is 18.6. The lowest BCUT2D eigenvalue weighted by Crippen LogP contribution is -2.50. The number of nitrogens with one attached hydrogen (secondary N) is 3. The molecule has 10 heteroatoms. The fourth-order valence-corrected chi connectivity index (χ4v) is 4.17. The highest BCUT2D eigenvalue weighted by atomic mass is 32.2. The predicted octanol–water partition coefficient (Wildman–Crippen LogP) is 0.965. The summed E-state index contributed by atoms with van der Waals surface area (Å²) in [6.45, 7) is 10.7. The van der Waals surface area contributed by atoms with Crippen LogP contribution in [0.4, 0.5) is 4.79 Å². The van der Waals surface area contributed by atoms with E-state index in [1.807, 2.05) is 20.8 Å². The summed E-state index contributed by atoms with van der Waals surface area (Å²) in [7, 11) is -1.15. The Labute approximate surface area is 176 Å². The van der Waals surface area contributed by atoms with Gasteiger partial charge in [-0.1, -0.05) is 19.8 Å². The molecule has 1 amide bonds. The van der Waals surface area contributed by atoms with Crippen LogP contribution in [0, 0.1) is 0 Å². The number of alkyl carbamates (subject to hydrolysis) is 1. The Morgan fingerprint density at radius 3 is 2.41 bits per heavy atom. The van der Waals surface area contributed by atoms with Crippen LogP contribution in [-0.4, -0.2) is 88.3 Å². The first-order valence-corrected chi connectivity index (χ1v) is 12.2. The van der Waals surface area contributed by atoms with Crippen LogP contribution < -0.4 is 16.0 Å². The van der Waals surface area contributed by atoms with Crippen molar-refractivity contribution in [3.05, 3.63) is 0 Å². The number of hydrogen-bond donors (Lipinski definition) is 3. The Balaban J connectivity index is 2.43. The van der Waals surface area contributed by atoms with Crippen molar-refractivity contribution in [1.29, 1.82) is 0 Å². The van der Waals surface area contributed by atoms with Gasteiger partial charge in [-0.05, 0) is 27.2 Å². The van der Waals surface area contributed by atoms with Crippen LogP contribution in [0.15, 0.2) is 4.99 Å². The van der Waals surface area contributed by atoms with Crippen LogP contribution >= 0.6 is 0 Å². The SMILES string of the molecule is CCCCC(CNC(=O)OC(C)(C)C)NC(=NC)NCCN1CCS(=O)(=O)CC1. The Morgan fingerprint density at radius 1 is 1.21 bits per heavy atom. The topological polar surface area (TPSA) is 112 Å². The molecule has 0 saturated carbocycles. The highest BCUT2D eigenvalue weighted by molar-refractivity contribution is 7.91. The normalized spacial score (nSPS) is 18.7. The molecule has 1 rings (SSSR count). The zero-order chi connectivity index (χ0) is 21.9. The fraction of sp³-hybridized carbons (Fsp3) is 0.895. The van der Waals surface area contributed by atoms with Gasteiger partial charge in [-0.2, -0.15) is 0 Å². The number of unbranched alkanes of at least 4 members (excludes halogenated alkanes) is 1. The second kappa shape index (κ2) is 12.2. The van der Waals surface area contributed by atoms with Gasteiger partial charge in [-0.25, -0.2) is 13.2 Å². The highest BCUT2D eigenvalue weighted by Gasteiger charge is 2.21. The molecule has 0 radical (unpaired) electrons. The van der Waals surface area contributed by atoms with Crippen molar-refractivity contribution in [3.63, 3.8) is 0 Å². The van der Waals surface area contributed by atoms with Gasteiger partial charge in [0.05, 0.1) is 11.5 Å². The predicted molar refractivity (Wildman–Crippen MR) is 117 cm³/mol. The van der Waals surface area contributed by atoms with Crippen LogP contribution in [0.1, 0.15) is 47.0 Å². The number of rotatable bonds is 9. The lowest BCUT2D eigenvalue weighted by Gasteiger charge is -2.27. The number of nitrogens with zero attached hydrogens (tertiary/aromatic N) is 2. The van der Waals surface area contributed by atoms with Gasteiger partial charge in [-0.15, -0.1) is 0 Å². The van der Waals surface area contributed by atoms with E-state index in [0.717, 1.165) is 25.8 Å². The summed E-state index contributed by atoms with van der Waals surface area (Å²) in [6.07, 6.45) is 2.57. The van der Waals surface area contributed by atoms with Gasteiger partial charge in [0.25, 0.3) is 0 Å². The van der Waals surface area contributed by atoms with E-state index in [9.17, 15) is 13.2 Å². The van der Waals surface area contributed by atoms with Crippen molar-refractivity contribution >= 4 is 21.9 Å². The van der Waals surface area contributed by atoms with Gasteiger partial charge in [0.2, 0.25) is 0 Å². The summed E-state index contributed by atoms with van der Waals surface area (Å²) < 4.78 is 28.3. The minimum absolute atomic E-state index is 0.0359. The lowest BCUT2D eigenvalue weighted by atomic mass is 10.1. The molecule has 0 spiro atoms. The van der Waals surface area contributed by atoms with Crippen molar-refractivity contribution in [2.45, 2.75) is 58.6 Å². The summed E-state index contributed by atoms with van der Waals surface area (Å²) in [5.41, 5.74) is -0.526. The molecule has 29 heavy (non-hydrogen) atoms. The van der Waals surface area contributed by atoms with Crippen molar-refractivity contribution in [2.24, 2.45) is 4.99 Å². The molecule has 0 aliphatic carbocycles. The van der Waals surface area contributed by atoms with E-state index in [-0.39, 0.29) is 17.5 Å². The van der Waals surface area contributed by atoms with E-state index >= 15 is 0 Å². The number of hydrogen-bond acceptors (Lipinski definition) is 6. The van der Waals surface area contributed by atoms with E-state index in [0.29, 0.717) is 32.1 Å². The van der Waals surface area contributed by atoms with Gasteiger partial charge in [0, 0.05) is 45.8 Å². The van der Waals surface area contributed by atoms with Crippen molar-refractivity contribution < 1.29 is 17.9 Å². The number of carbonyl (C=O) groups is 1. The number of carbonyl (C=O) groups excluding carboxylic acids is 1. The molecule has 0 bridgehead atoms. The van der Waals surface area contributed by atoms with Gasteiger partial charge >= 0.3 is 6.09 Å². The Bertz CT molecular complexity index is 617. The molecule has 1 heterocycles. The third-order valence-electron chi connectivity index (χ3n) is 4.52. The molecule has 1 aliphatic heterocycles. The standard InChI is InChI=1S/C19H39N5O4S/c1-6-7-8-16(15-22-18(25)28-19(2,3)4)23-17(20-5)21-9-10-24-11-13-29(26,27)14-12-24/h16H,6-15H2,1-5H3,(H,22,25)(H2,20,21,23). The quantitative estimate of drug-likeness (QED) is 0.367. The average molecular weight is 434 g/mol. The Hall–Kier alpha value is -1.55. The van der Waals surface area contributed by atoms with E-state index in [1.165, 1.54) is 0 Å². The smallest absolute Gasteiger partial charge is 0.407 e. The Morgan fingerprint density at radius 2 is 1.86 bits per heavy atom. The summed E-state index contributed by atoms with van der Waals surface area (Å²) in [6, 6.07) is 0.0359. The number of amides is 1. The van der Waals surface area contributed by atoms with Crippen LogP contribution in [0.2, 0.25) is 0 Å². The van der Waals surface area contributed by atoms with Gasteiger partial charge in [0.1, 0.15) is 5.60 Å². The largest absolute Gasteiger partial charge is 0.444 e. The Kier molecular flexibility index (Phi) is 10.7. The lowest BCUT2D eigenvalue weighted by molar-refractivity contribution is 0.0522. The molecule has 0 aromatic heterocycles. The zero-order valence-corrected chi connectivity index (χ0v) is 19.4. The number of guanidine groups is 1. The third kappa shape index (κ3) is 11.9. The van der Waals surface area contributed by atoms with Crippen molar-refractivity contribution in [3.8, 4) is 0 Å². The molecular formula is C19H39N5O4S. The van der Waals surface area contributed by atoms with Crippen LogP contribution in [0.5, 0.6) is 0 Å². The summed E-state index contributed by atoms with van der Waals surface area (Å²) in [4.78, 5) is 18.3. The van der Waals surface area contributed by atoms with Crippen molar-refractivity contribution in [2.75, 3.05) is 51.3 Å². The van der Waals surface area contributed by atoms with E-state index in [2.05, 4.69) is 32.8 Å². The van der Waals surface area contributed by atoms with Crippen LogP contribution in [0.25, 0.3) is 0 Å². The molecule has 3 N–H and O–H groups in total. The molecule has 1 atom stereocenters. The number of aliphatic imine (C=N–C) groups is 1. The molecular weight excluding hydrogens is 394 g/mol. The number of sulfone groups is 1. The van der Waals surface area contributed by atoms with Gasteiger partial charge in [-0.3, -0.25) is 9.89 Å². The molecule has 0 aromatic rings. The first-order valence-electron chi connectivity index (χ1n) is 10.4. The molecule has 1 unspecified atom stereocenters. The maximum Gasteiger partial charge on any atom is 0.407 e. The molecule has 1 saturated heterocycles. The van der Waals surface area contributed by atoms with Crippen molar-refractivity contribution in [1.82, 2.24) is 20.9 Å². The summed E-state index contributed by atoms with van der Waals surface area (Å²) in [5, 5.41) is 9.46. The fourth-order valence-electron chi connectivity index (χ4n) is 2.89. The summed E-state index contributed by atoms with van der Waals surface area (Å²) in [5.74, 6) is 1.13. The van der Waals surface area contributed by atoms with Crippen LogP contribution in [-0.2, 0) is 14.6 Å². The minimum Gasteiger partial charge on any atom is -0.444 e. The number of ether oxygens (including phenoxy) is 1. The summed E-state index contributed by atoms with van der Waals surface area (Å²) >= 11 is 0.